The second kappa shape index (κ2) is 10.8. The number of nitrogens with zero attached hydrogens (tertiary/aromatic N) is 3. The molecule has 0 amide bonds. The summed E-state index contributed by atoms with van der Waals surface area (Å²) in [6.07, 6.45) is 0. The second-order valence-corrected chi connectivity index (χ2v) is 13.2. The summed E-state index contributed by atoms with van der Waals surface area (Å²) < 4.78 is 6.65. The molecule has 1 aliphatic carbocycles. The number of hydrogen-bond donors (Lipinski definition) is 0. The van der Waals surface area contributed by atoms with Crippen molar-refractivity contribution in [3.63, 3.8) is 0 Å². The number of benzene rings is 8. The Bertz CT molecular complexity index is 3020. The number of aromatic nitrogens is 3. The van der Waals surface area contributed by atoms with E-state index < -0.39 is 0 Å². The quantitative estimate of drug-likeness (QED) is 0.190. The molecule has 8 aromatic carbocycles. The van der Waals surface area contributed by atoms with Crippen LogP contribution in [0.25, 0.3) is 111 Å². The van der Waals surface area contributed by atoms with E-state index in [1.807, 2.05) is 48.5 Å². The smallest absolute Gasteiger partial charge is 0.164 e. The number of furan rings is 1. The molecule has 0 aliphatic heterocycles. The molecule has 0 N–H and O–H groups in total. The first-order valence-electron chi connectivity index (χ1n) is 17.2. The van der Waals surface area contributed by atoms with Crippen LogP contribution in [0, 0.1) is 0 Å². The summed E-state index contributed by atoms with van der Waals surface area (Å²) in [4.78, 5) is 15.4. The van der Waals surface area contributed by atoms with E-state index in [-0.39, 0.29) is 0 Å². The number of hydrogen-bond acceptors (Lipinski definition) is 4. The summed E-state index contributed by atoms with van der Waals surface area (Å²) in [7, 11) is 0. The first-order chi connectivity index (χ1) is 25.3. The van der Waals surface area contributed by atoms with Gasteiger partial charge in [0.15, 0.2) is 17.5 Å². The van der Waals surface area contributed by atoms with E-state index in [4.69, 9.17) is 19.4 Å². The van der Waals surface area contributed by atoms with Crippen LogP contribution in [0.5, 0.6) is 0 Å². The molecule has 0 saturated carbocycles. The van der Waals surface area contributed by atoms with Crippen molar-refractivity contribution in [3.8, 4) is 67.5 Å². The molecule has 1 aliphatic rings. The number of fused-ring (bicyclic) bond motifs is 8. The molecule has 10 aromatic rings. The third-order valence-electron chi connectivity index (χ3n) is 10.2. The highest BCUT2D eigenvalue weighted by Gasteiger charge is 2.26. The minimum absolute atomic E-state index is 0.609. The summed E-state index contributed by atoms with van der Waals surface area (Å²) in [6.45, 7) is 0. The maximum Gasteiger partial charge on any atom is 0.164 e. The molecule has 2 heterocycles. The Morgan fingerprint density at radius 1 is 0.314 bits per heavy atom. The molecule has 0 bridgehead atoms. The van der Waals surface area contributed by atoms with E-state index in [1.165, 1.54) is 44.2 Å². The lowest BCUT2D eigenvalue weighted by molar-refractivity contribution is 0.669. The van der Waals surface area contributed by atoms with Crippen LogP contribution in [-0.2, 0) is 0 Å². The highest BCUT2D eigenvalue weighted by Crippen LogP contribution is 2.51. The highest BCUT2D eigenvalue weighted by atomic mass is 16.3. The van der Waals surface area contributed by atoms with Gasteiger partial charge in [-0.15, -0.1) is 0 Å². The zero-order chi connectivity index (χ0) is 33.5. The Morgan fingerprint density at radius 2 is 0.902 bits per heavy atom. The van der Waals surface area contributed by atoms with Gasteiger partial charge < -0.3 is 4.42 Å². The van der Waals surface area contributed by atoms with Gasteiger partial charge in [0.2, 0.25) is 0 Å². The SMILES string of the molecule is c1ccc(-c2ccc3cc(-c4nc(-c5ccccc5)nc(-c5cccc6oc7cc8c9c(cccc9c7c56)-c5ccccc5-8)n4)ccc3c2)cc1. The predicted molar refractivity (Wildman–Crippen MR) is 208 cm³/mol. The molecule has 51 heavy (non-hydrogen) atoms. The standard InChI is InChI=1S/C47H27N3O/c1-3-11-28(12-4-1)30-21-22-32-26-33(24-23-31(32)25-30)46-48-45(29-13-5-2-6-14-29)49-47(50-46)38-19-10-20-40-44(38)43-37-18-9-17-36-34-15-7-8-16-35(34)39(42(36)37)27-41(43)51-40/h1-27H. The van der Waals surface area contributed by atoms with Crippen molar-refractivity contribution in [1.82, 2.24) is 15.0 Å². The Morgan fingerprint density at radius 3 is 1.69 bits per heavy atom. The van der Waals surface area contributed by atoms with E-state index in [0.717, 1.165) is 49.4 Å². The van der Waals surface area contributed by atoms with E-state index >= 15 is 0 Å². The van der Waals surface area contributed by atoms with Gasteiger partial charge in [-0.2, -0.15) is 0 Å². The Labute approximate surface area is 293 Å². The van der Waals surface area contributed by atoms with Gasteiger partial charge in [0.25, 0.3) is 0 Å². The molecule has 11 rings (SSSR count). The largest absolute Gasteiger partial charge is 0.456 e. The van der Waals surface area contributed by atoms with E-state index in [9.17, 15) is 0 Å². The Balaban J connectivity index is 1.13. The monoisotopic (exact) mass is 649 g/mol. The Kier molecular flexibility index (Phi) is 5.92. The minimum Gasteiger partial charge on any atom is -0.456 e. The van der Waals surface area contributed by atoms with Crippen LogP contribution in [-0.4, -0.2) is 15.0 Å². The van der Waals surface area contributed by atoms with E-state index in [0.29, 0.717) is 17.5 Å². The van der Waals surface area contributed by atoms with Crippen molar-refractivity contribution >= 4 is 43.5 Å². The van der Waals surface area contributed by atoms with Gasteiger partial charge in [-0.05, 0) is 79.2 Å². The molecule has 4 nitrogen and oxygen atoms in total. The van der Waals surface area contributed by atoms with Crippen LogP contribution >= 0.6 is 0 Å². The van der Waals surface area contributed by atoms with Gasteiger partial charge in [0.1, 0.15) is 11.2 Å². The zero-order valence-electron chi connectivity index (χ0n) is 27.3. The summed E-state index contributed by atoms with van der Waals surface area (Å²) in [5.74, 6) is 1.86. The first-order valence-corrected chi connectivity index (χ1v) is 17.2. The molecule has 0 fully saturated rings. The van der Waals surface area contributed by atoms with Crippen molar-refractivity contribution in [2.24, 2.45) is 0 Å². The fraction of sp³-hybridized carbons (Fsp3) is 0. The van der Waals surface area contributed by atoms with Crippen LogP contribution in [0.2, 0.25) is 0 Å². The van der Waals surface area contributed by atoms with Crippen LogP contribution in [0.3, 0.4) is 0 Å². The summed E-state index contributed by atoms with van der Waals surface area (Å²) >= 11 is 0. The fourth-order valence-corrected chi connectivity index (χ4v) is 7.90. The molecule has 0 atom stereocenters. The molecule has 4 heteroatoms. The van der Waals surface area contributed by atoms with Crippen LogP contribution in [0.4, 0.5) is 0 Å². The molecule has 2 aromatic heterocycles. The predicted octanol–water partition coefficient (Wildman–Crippen LogP) is 12.4. The minimum atomic E-state index is 0.609. The Hall–Kier alpha value is -6.91. The molecule has 0 saturated heterocycles. The molecule has 0 spiro atoms. The second-order valence-electron chi connectivity index (χ2n) is 13.2. The lowest BCUT2D eigenvalue weighted by Crippen LogP contribution is -2.00. The van der Waals surface area contributed by atoms with Crippen LogP contribution in [0.1, 0.15) is 0 Å². The van der Waals surface area contributed by atoms with Crippen molar-refractivity contribution in [1.29, 1.82) is 0 Å². The average Bonchev–Trinajstić information content (AvgIpc) is 3.75. The first kappa shape index (κ1) is 28.0. The summed E-state index contributed by atoms with van der Waals surface area (Å²) in [5.41, 5.74) is 11.8. The van der Waals surface area contributed by atoms with Crippen molar-refractivity contribution in [2.75, 3.05) is 0 Å². The molecule has 236 valence electrons. The summed E-state index contributed by atoms with van der Waals surface area (Å²) in [5, 5.41) is 6.81. The summed E-state index contributed by atoms with van der Waals surface area (Å²) in [6, 6.07) is 57.3. The van der Waals surface area contributed by atoms with Gasteiger partial charge in [0, 0.05) is 27.5 Å². The topological polar surface area (TPSA) is 51.8 Å². The van der Waals surface area contributed by atoms with Crippen molar-refractivity contribution in [2.45, 2.75) is 0 Å². The average molecular weight is 650 g/mol. The van der Waals surface area contributed by atoms with Crippen LogP contribution in [0.15, 0.2) is 168 Å². The normalized spacial score (nSPS) is 11.9. The zero-order valence-corrected chi connectivity index (χ0v) is 27.3. The molecule has 0 radical (unpaired) electrons. The van der Waals surface area contributed by atoms with Crippen molar-refractivity contribution in [3.05, 3.63) is 164 Å². The lowest BCUT2D eigenvalue weighted by Gasteiger charge is -2.11. The van der Waals surface area contributed by atoms with Gasteiger partial charge >= 0.3 is 0 Å². The fourth-order valence-electron chi connectivity index (χ4n) is 7.90. The van der Waals surface area contributed by atoms with E-state index in [2.05, 4.69) is 115 Å². The van der Waals surface area contributed by atoms with Gasteiger partial charge in [0.05, 0.1) is 0 Å². The third-order valence-corrected chi connectivity index (χ3v) is 10.2. The maximum absolute atomic E-state index is 6.65. The van der Waals surface area contributed by atoms with Crippen LogP contribution < -0.4 is 0 Å². The number of rotatable bonds is 4. The van der Waals surface area contributed by atoms with E-state index in [1.54, 1.807) is 0 Å². The lowest BCUT2D eigenvalue weighted by atomic mass is 9.96. The molecule has 0 unspecified atom stereocenters. The van der Waals surface area contributed by atoms with Crippen molar-refractivity contribution < 1.29 is 4.42 Å². The highest BCUT2D eigenvalue weighted by molar-refractivity contribution is 6.29. The van der Waals surface area contributed by atoms with Gasteiger partial charge in [-0.1, -0.05) is 140 Å². The molecular weight excluding hydrogens is 623 g/mol. The molecular formula is C47H27N3O. The van der Waals surface area contributed by atoms with Gasteiger partial charge in [-0.25, -0.2) is 15.0 Å². The third kappa shape index (κ3) is 4.30. The van der Waals surface area contributed by atoms with Gasteiger partial charge in [-0.3, -0.25) is 0 Å². The maximum atomic E-state index is 6.65.